The predicted octanol–water partition coefficient (Wildman–Crippen LogP) is 6.70. The zero-order chi connectivity index (χ0) is 29.6. The molecular weight excluding hydrogens is 553 g/mol. The summed E-state index contributed by atoms with van der Waals surface area (Å²) in [5.74, 6) is 1.48. The normalized spacial score (nSPS) is 11.3. The van der Waals surface area contributed by atoms with Crippen LogP contribution in [0.15, 0.2) is 88.6 Å². The average molecular weight is 586 g/mol. The van der Waals surface area contributed by atoms with Gasteiger partial charge in [-0.05, 0) is 92.0 Å². The summed E-state index contributed by atoms with van der Waals surface area (Å²) in [6.45, 7) is 1.76. The van der Waals surface area contributed by atoms with Crippen molar-refractivity contribution in [2.24, 2.45) is 0 Å². The molecule has 0 saturated carbocycles. The van der Waals surface area contributed by atoms with Crippen LogP contribution in [-0.2, 0) is 6.54 Å². The fraction of sp³-hybridized carbons (Fsp3) is 0.212. The van der Waals surface area contributed by atoms with Crippen LogP contribution in [0.4, 0.5) is 10.1 Å². The number of amides is 1. The number of nitrogens with one attached hydrogen (secondary N) is 2. The molecule has 5 aromatic rings. The third kappa shape index (κ3) is 6.42. The van der Waals surface area contributed by atoms with Gasteiger partial charge < -0.3 is 24.7 Å². The molecule has 1 amide bonds. The molecule has 0 unspecified atom stereocenters. The lowest BCUT2D eigenvalue weighted by atomic mass is 10.1. The average Bonchev–Trinajstić information content (AvgIpc) is 3.00. The van der Waals surface area contributed by atoms with E-state index in [0.717, 1.165) is 47.2 Å². The molecule has 9 heteroatoms. The summed E-state index contributed by atoms with van der Waals surface area (Å²) in [4.78, 5) is 32.5. The molecule has 0 saturated heterocycles. The van der Waals surface area contributed by atoms with Gasteiger partial charge in [-0.2, -0.15) is 0 Å². The van der Waals surface area contributed by atoms with Crippen molar-refractivity contribution < 1.29 is 18.7 Å². The van der Waals surface area contributed by atoms with E-state index in [1.54, 1.807) is 50.2 Å². The Hall–Kier alpha value is -4.34. The molecule has 42 heavy (non-hydrogen) atoms. The minimum absolute atomic E-state index is 0.0868. The van der Waals surface area contributed by atoms with Crippen LogP contribution in [0.5, 0.6) is 11.5 Å². The highest BCUT2D eigenvalue weighted by molar-refractivity contribution is 7.99. The second-order valence-corrected chi connectivity index (χ2v) is 11.1. The number of fused-ring (bicyclic) bond motifs is 2. The van der Waals surface area contributed by atoms with Gasteiger partial charge in [0.05, 0.1) is 30.8 Å². The number of methoxy groups -OCH3 is 2. The van der Waals surface area contributed by atoms with Crippen molar-refractivity contribution in [2.75, 3.05) is 38.9 Å². The van der Waals surface area contributed by atoms with Gasteiger partial charge >= 0.3 is 0 Å². The van der Waals surface area contributed by atoms with E-state index in [9.17, 15) is 14.0 Å². The van der Waals surface area contributed by atoms with Crippen LogP contribution in [0.2, 0.25) is 0 Å². The Morgan fingerprint density at radius 1 is 0.929 bits per heavy atom. The van der Waals surface area contributed by atoms with Gasteiger partial charge in [-0.3, -0.25) is 9.59 Å². The number of carbonyl (C=O) groups excluding carboxylic acids is 1. The highest BCUT2D eigenvalue weighted by atomic mass is 32.2. The first-order chi connectivity index (χ1) is 20.4. The lowest BCUT2D eigenvalue weighted by Gasteiger charge is -2.17. The minimum atomic E-state index is -0.542. The van der Waals surface area contributed by atoms with Crippen LogP contribution >= 0.6 is 11.8 Å². The van der Waals surface area contributed by atoms with E-state index in [-0.39, 0.29) is 27.8 Å². The van der Waals surface area contributed by atoms with E-state index in [2.05, 4.69) is 22.2 Å². The molecular formula is C33H32FN3O4S. The maximum Gasteiger partial charge on any atom is 0.257 e. The number of anilines is 1. The van der Waals surface area contributed by atoms with E-state index in [4.69, 9.17) is 9.47 Å². The number of halogens is 1. The molecule has 4 aromatic carbocycles. The van der Waals surface area contributed by atoms with Gasteiger partial charge in [0.1, 0.15) is 5.82 Å². The lowest BCUT2D eigenvalue weighted by molar-refractivity contribution is 0.102. The first kappa shape index (κ1) is 29.2. The summed E-state index contributed by atoms with van der Waals surface area (Å²) >= 11 is 1.76. The number of nitrogens with zero attached hydrogens (tertiary/aromatic N) is 1. The predicted molar refractivity (Wildman–Crippen MR) is 168 cm³/mol. The summed E-state index contributed by atoms with van der Waals surface area (Å²) in [5, 5.41) is 3.48. The van der Waals surface area contributed by atoms with E-state index in [1.165, 1.54) is 12.1 Å². The van der Waals surface area contributed by atoms with Crippen molar-refractivity contribution in [1.29, 1.82) is 0 Å². The standard InChI is InChI=1S/C33H32FN3O4S/c1-37(20-21-11-16-28(40-2)29(19-21)41-3)17-6-18-42-23-14-12-22(13-15-23)35-33(39)26-9-4-7-24-30(26)36-31-25(32(24)38)8-5-10-27(31)34/h4-5,7-16,19H,6,17-18,20H2,1-3H3,(H,35,39)(H,36,38). The maximum absolute atomic E-state index is 14.4. The van der Waals surface area contributed by atoms with E-state index in [0.29, 0.717) is 16.6 Å². The van der Waals surface area contributed by atoms with Crippen LogP contribution in [0.1, 0.15) is 22.3 Å². The smallest absolute Gasteiger partial charge is 0.257 e. The zero-order valence-corrected chi connectivity index (χ0v) is 24.5. The molecule has 0 aliphatic heterocycles. The third-order valence-corrected chi connectivity index (χ3v) is 8.13. The van der Waals surface area contributed by atoms with Crippen LogP contribution in [0.3, 0.4) is 0 Å². The number of ether oxygens (including phenoxy) is 2. The minimum Gasteiger partial charge on any atom is -0.493 e. The SMILES string of the molecule is COc1ccc(CN(C)CCCSc2ccc(NC(=O)c3cccc4c(=O)c5cccc(F)c5[nH]c34)cc2)cc1OC. The summed E-state index contributed by atoms with van der Waals surface area (Å²) in [7, 11) is 5.37. The van der Waals surface area contributed by atoms with Crippen LogP contribution in [0, 0.1) is 5.82 Å². The van der Waals surface area contributed by atoms with Crippen molar-refractivity contribution >= 4 is 45.2 Å². The Labute approximate surface area is 247 Å². The van der Waals surface area contributed by atoms with Gasteiger partial charge in [0.25, 0.3) is 5.91 Å². The van der Waals surface area contributed by atoms with E-state index < -0.39 is 5.82 Å². The van der Waals surface area contributed by atoms with Crippen LogP contribution in [0.25, 0.3) is 21.8 Å². The Morgan fingerprint density at radius 2 is 1.64 bits per heavy atom. The molecule has 0 radical (unpaired) electrons. The van der Waals surface area contributed by atoms with Gasteiger partial charge in [0.15, 0.2) is 16.9 Å². The van der Waals surface area contributed by atoms with Crippen molar-refractivity contribution in [3.8, 4) is 11.5 Å². The fourth-order valence-corrected chi connectivity index (χ4v) is 5.74. The Bertz CT molecular complexity index is 1790. The molecule has 1 aromatic heterocycles. The molecule has 216 valence electrons. The number of benzene rings is 4. The van der Waals surface area contributed by atoms with Crippen molar-refractivity contribution in [3.63, 3.8) is 0 Å². The number of hydrogen-bond donors (Lipinski definition) is 2. The van der Waals surface area contributed by atoms with E-state index >= 15 is 0 Å². The largest absolute Gasteiger partial charge is 0.493 e. The molecule has 0 fully saturated rings. The number of thioether (sulfide) groups is 1. The molecule has 0 bridgehead atoms. The van der Waals surface area contributed by atoms with Gasteiger partial charge in [0, 0.05) is 27.9 Å². The molecule has 0 atom stereocenters. The Kier molecular flexibility index (Phi) is 9.09. The number of pyridine rings is 1. The first-order valence-corrected chi connectivity index (χ1v) is 14.5. The Morgan fingerprint density at radius 3 is 2.38 bits per heavy atom. The van der Waals surface area contributed by atoms with Gasteiger partial charge in [0.2, 0.25) is 0 Å². The summed E-state index contributed by atoms with van der Waals surface area (Å²) in [5.41, 5.74) is 2.14. The highest BCUT2D eigenvalue weighted by Gasteiger charge is 2.16. The molecule has 2 N–H and O–H groups in total. The quantitative estimate of drug-likeness (QED) is 0.102. The van der Waals surface area contributed by atoms with Crippen molar-refractivity contribution in [3.05, 3.63) is 106 Å². The monoisotopic (exact) mass is 585 g/mol. The molecule has 0 aliphatic carbocycles. The van der Waals surface area contributed by atoms with Crippen molar-refractivity contribution in [2.45, 2.75) is 17.9 Å². The lowest BCUT2D eigenvalue weighted by Crippen LogP contribution is -2.19. The van der Waals surface area contributed by atoms with Crippen LogP contribution < -0.4 is 20.2 Å². The number of rotatable bonds is 11. The maximum atomic E-state index is 14.4. The molecule has 5 rings (SSSR count). The second-order valence-electron chi connectivity index (χ2n) is 9.95. The number of H-pyrrole nitrogens is 1. The summed E-state index contributed by atoms with van der Waals surface area (Å²) < 4.78 is 25.1. The first-order valence-electron chi connectivity index (χ1n) is 13.5. The van der Waals surface area contributed by atoms with Gasteiger partial charge in [-0.15, -0.1) is 11.8 Å². The number of carbonyl (C=O) groups is 1. The van der Waals surface area contributed by atoms with Gasteiger partial charge in [-0.1, -0.05) is 18.2 Å². The summed E-state index contributed by atoms with van der Waals surface area (Å²) in [6.07, 6.45) is 1.02. The molecule has 0 spiro atoms. The molecule has 1 heterocycles. The number of aromatic nitrogens is 1. The second kappa shape index (κ2) is 13.1. The number of para-hydroxylation sites is 2. The van der Waals surface area contributed by atoms with Gasteiger partial charge in [-0.25, -0.2) is 4.39 Å². The number of hydrogen-bond acceptors (Lipinski definition) is 6. The zero-order valence-electron chi connectivity index (χ0n) is 23.7. The third-order valence-electron chi connectivity index (χ3n) is 7.03. The number of aromatic amines is 1. The van der Waals surface area contributed by atoms with E-state index in [1.807, 2.05) is 42.5 Å². The Balaban J connectivity index is 1.16. The molecule has 0 aliphatic rings. The topological polar surface area (TPSA) is 83.7 Å². The van der Waals surface area contributed by atoms with Crippen LogP contribution in [-0.4, -0.2) is 49.4 Å². The highest BCUT2D eigenvalue weighted by Crippen LogP contribution is 2.28. The fourth-order valence-electron chi connectivity index (χ4n) is 4.90. The molecule has 7 nitrogen and oxygen atoms in total. The van der Waals surface area contributed by atoms with Crippen molar-refractivity contribution in [1.82, 2.24) is 9.88 Å². The summed E-state index contributed by atoms with van der Waals surface area (Å²) in [6, 6.07) is 22.9.